The summed E-state index contributed by atoms with van der Waals surface area (Å²) in [5.41, 5.74) is 0.776. The Labute approximate surface area is 126 Å². The van der Waals surface area contributed by atoms with Gasteiger partial charge in [0.1, 0.15) is 0 Å². The Balaban J connectivity index is 1.70. The highest BCUT2D eigenvalue weighted by atomic mass is 32.2. The van der Waals surface area contributed by atoms with E-state index >= 15 is 0 Å². The summed E-state index contributed by atoms with van der Waals surface area (Å²) in [5.74, 6) is 0.244. The van der Waals surface area contributed by atoms with E-state index in [2.05, 4.69) is 4.98 Å². The second-order valence-electron chi connectivity index (χ2n) is 6.08. The van der Waals surface area contributed by atoms with Crippen molar-refractivity contribution in [1.29, 1.82) is 0 Å². The zero-order valence-corrected chi connectivity index (χ0v) is 12.5. The number of Topliss-reactive ketones (excluding diaryl/α,β-unsaturated/α-hetero) is 1. The molecule has 2 aromatic rings. The van der Waals surface area contributed by atoms with Crippen LogP contribution in [0.15, 0.2) is 36.7 Å². The molecule has 0 N–H and O–H groups in total. The van der Waals surface area contributed by atoms with Gasteiger partial charge >= 0.3 is 0 Å². The molecule has 2 aliphatic rings. The minimum atomic E-state index is -0.704. The van der Waals surface area contributed by atoms with Crippen LogP contribution in [0.4, 0.5) is 0 Å². The largest absolute Gasteiger partial charge is 0.294 e. The van der Waals surface area contributed by atoms with Gasteiger partial charge in [-0.05, 0) is 37.1 Å². The van der Waals surface area contributed by atoms with E-state index < -0.39 is 10.8 Å². The lowest BCUT2D eigenvalue weighted by Gasteiger charge is -2.26. The Morgan fingerprint density at radius 2 is 1.90 bits per heavy atom. The highest BCUT2D eigenvalue weighted by Gasteiger charge is 2.42. The van der Waals surface area contributed by atoms with E-state index in [1.54, 1.807) is 12.4 Å². The van der Waals surface area contributed by atoms with Crippen molar-refractivity contribution in [2.75, 3.05) is 0 Å². The predicted octanol–water partition coefficient (Wildman–Crippen LogP) is 3.11. The average Bonchev–Trinajstić information content (AvgIpc) is 2.75. The molecule has 0 aliphatic carbocycles. The molecule has 0 radical (unpaired) electrons. The number of hydrogen-bond donors (Lipinski definition) is 0. The fourth-order valence-corrected chi connectivity index (χ4v) is 5.92. The van der Waals surface area contributed by atoms with Crippen LogP contribution in [-0.2, 0) is 10.8 Å². The fourth-order valence-electron chi connectivity index (χ4n) is 3.79. The summed E-state index contributed by atoms with van der Waals surface area (Å²) in [6.07, 6.45) is 7.16. The summed E-state index contributed by atoms with van der Waals surface area (Å²) in [4.78, 5) is 17.1. The molecule has 2 atom stereocenters. The molecule has 4 rings (SSSR count). The Kier molecular flexibility index (Phi) is 3.14. The van der Waals surface area contributed by atoms with Crippen LogP contribution in [0.25, 0.3) is 10.8 Å². The minimum absolute atomic E-state index is 0.0333. The van der Waals surface area contributed by atoms with Gasteiger partial charge in [0.25, 0.3) is 0 Å². The van der Waals surface area contributed by atoms with Crippen molar-refractivity contribution in [3.63, 3.8) is 0 Å². The second kappa shape index (κ2) is 5.02. The Hall–Kier alpha value is -1.55. The summed E-state index contributed by atoms with van der Waals surface area (Å²) < 4.78 is 12.1. The van der Waals surface area contributed by atoms with Gasteiger partial charge in [-0.1, -0.05) is 18.2 Å². The molecule has 0 spiro atoms. The molecule has 1 aromatic carbocycles. The lowest BCUT2D eigenvalue weighted by Crippen LogP contribution is -2.32. The number of fused-ring (bicyclic) bond motifs is 3. The van der Waals surface area contributed by atoms with Gasteiger partial charge in [0.2, 0.25) is 0 Å². The summed E-state index contributed by atoms with van der Waals surface area (Å²) in [6.45, 7) is 0. The van der Waals surface area contributed by atoms with Crippen LogP contribution in [0.1, 0.15) is 36.0 Å². The highest BCUT2D eigenvalue weighted by molar-refractivity contribution is 7.86. The first-order valence-electron chi connectivity index (χ1n) is 7.50. The first-order valence-corrected chi connectivity index (χ1v) is 8.78. The second-order valence-corrected chi connectivity index (χ2v) is 8.08. The molecule has 108 valence electrons. The first-order chi connectivity index (χ1) is 10.2. The quantitative estimate of drug-likeness (QED) is 0.801. The third-order valence-corrected chi connectivity index (χ3v) is 7.05. The van der Waals surface area contributed by atoms with Gasteiger partial charge in [0, 0.05) is 50.6 Å². The molecule has 3 nitrogen and oxygen atoms in total. The van der Waals surface area contributed by atoms with Crippen molar-refractivity contribution in [1.82, 2.24) is 4.98 Å². The number of aromatic nitrogens is 1. The summed E-state index contributed by atoms with van der Waals surface area (Å²) in [5, 5.41) is 2.47. The maximum atomic E-state index is 12.9. The fraction of sp³-hybridized carbons (Fsp3) is 0.412. The Bertz CT molecular complexity index is 721. The van der Waals surface area contributed by atoms with Crippen molar-refractivity contribution in [2.45, 2.75) is 36.2 Å². The van der Waals surface area contributed by atoms with Crippen molar-refractivity contribution in [3.05, 3.63) is 42.2 Å². The average molecular weight is 299 g/mol. The molecule has 2 unspecified atom stereocenters. The standard InChI is InChI=1S/C17H17NO2S/c19-17(12-8-13-4-5-14(9-12)21(13)20)15-3-1-2-11-6-7-18-10-16(11)15/h1-3,6-7,10,12-14H,4-5,8-9H2. The van der Waals surface area contributed by atoms with Crippen molar-refractivity contribution < 1.29 is 9.00 Å². The van der Waals surface area contributed by atoms with Crippen LogP contribution in [0.2, 0.25) is 0 Å². The number of benzene rings is 1. The molecule has 21 heavy (non-hydrogen) atoms. The first kappa shape index (κ1) is 13.1. The van der Waals surface area contributed by atoms with Gasteiger partial charge in [-0.3, -0.25) is 14.0 Å². The van der Waals surface area contributed by atoms with E-state index in [9.17, 15) is 9.00 Å². The number of carbonyl (C=O) groups is 1. The van der Waals surface area contributed by atoms with Crippen LogP contribution >= 0.6 is 0 Å². The zero-order chi connectivity index (χ0) is 14.4. The smallest absolute Gasteiger partial charge is 0.166 e. The van der Waals surface area contributed by atoms with E-state index in [4.69, 9.17) is 0 Å². The maximum Gasteiger partial charge on any atom is 0.166 e. The summed E-state index contributed by atoms with van der Waals surface area (Å²) >= 11 is 0. The van der Waals surface area contributed by atoms with Crippen molar-refractivity contribution in [3.8, 4) is 0 Å². The normalized spacial score (nSPS) is 31.4. The van der Waals surface area contributed by atoms with E-state index in [0.717, 1.165) is 42.0 Å². The van der Waals surface area contributed by atoms with Crippen LogP contribution in [0.3, 0.4) is 0 Å². The van der Waals surface area contributed by atoms with E-state index in [1.165, 1.54) is 0 Å². The zero-order valence-electron chi connectivity index (χ0n) is 11.7. The van der Waals surface area contributed by atoms with Crippen molar-refractivity contribution in [2.24, 2.45) is 5.92 Å². The molecule has 0 saturated carbocycles. The molecule has 1 aromatic heterocycles. The minimum Gasteiger partial charge on any atom is -0.294 e. The number of carbonyl (C=O) groups excluding carboxylic acids is 1. The summed E-state index contributed by atoms with van der Waals surface area (Å²) in [7, 11) is -0.704. The van der Waals surface area contributed by atoms with Crippen LogP contribution < -0.4 is 0 Å². The van der Waals surface area contributed by atoms with Gasteiger partial charge < -0.3 is 0 Å². The monoisotopic (exact) mass is 299 g/mol. The molecular formula is C17H17NO2S. The van der Waals surface area contributed by atoms with Gasteiger partial charge in [0.15, 0.2) is 5.78 Å². The summed E-state index contributed by atoms with van der Waals surface area (Å²) in [6, 6.07) is 7.78. The number of hydrogen-bond acceptors (Lipinski definition) is 3. The Morgan fingerprint density at radius 1 is 1.14 bits per heavy atom. The molecule has 2 bridgehead atoms. The van der Waals surface area contributed by atoms with E-state index in [-0.39, 0.29) is 22.2 Å². The van der Waals surface area contributed by atoms with Crippen LogP contribution in [-0.4, -0.2) is 25.5 Å². The number of pyridine rings is 1. The predicted molar refractivity (Wildman–Crippen MR) is 83.7 cm³/mol. The molecule has 3 heterocycles. The van der Waals surface area contributed by atoms with Crippen LogP contribution in [0.5, 0.6) is 0 Å². The number of ketones is 1. The van der Waals surface area contributed by atoms with E-state index in [1.807, 2.05) is 24.3 Å². The molecule has 2 saturated heterocycles. The molecule has 4 heteroatoms. The number of rotatable bonds is 2. The Morgan fingerprint density at radius 3 is 2.67 bits per heavy atom. The van der Waals surface area contributed by atoms with Gasteiger partial charge in [-0.15, -0.1) is 0 Å². The highest BCUT2D eigenvalue weighted by Crippen LogP contribution is 2.40. The third kappa shape index (κ3) is 2.13. The third-order valence-electron chi connectivity index (χ3n) is 4.88. The topological polar surface area (TPSA) is 47.0 Å². The van der Waals surface area contributed by atoms with Gasteiger partial charge in [0.05, 0.1) is 0 Å². The molecule has 2 aliphatic heterocycles. The van der Waals surface area contributed by atoms with E-state index in [0.29, 0.717) is 0 Å². The lowest BCUT2D eigenvalue weighted by atomic mass is 9.88. The van der Waals surface area contributed by atoms with Gasteiger partial charge in [-0.2, -0.15) is 0 Å². The lowest BCUT2D eigenvalue weighted by molar-refractivity contribution is 0.0908. The van der Waals surface area contributed by atoms with Gasteiger partial charge in [-0.25, -0.2) is 0 Å². The van der Waals surface area contributed by atoms with Crippen LogP contribution in [0, 0.1) is 5.92 Å². The molecule has 2 fully saturated rings. The van der Waals surface area contributed by atoms with Crippen molar-refractivity contribution >= 4 is 27.4 Å². The maximum absolute atomic E-state index is 12.9. The number of nitrogens with zero attached hydrogens (tertiary/aromatic N) is 1. The molecule has 0 amide bonds. The SMILES string of the molecule is O=C(c1cccc2ccncc12)C1CC2CCC(C1)S2=O. The molecular weight excluding hydrogens is 282 g/mol.